The zero-order valence-corrected chi connectivity index (χ0v) is 25.0. The molecule has 4 aromatic rings. The summed E-state index contributed by atoms with van der Waals surface area (Å²) in [5.41, 5.74) is 9.98. The van der Waals surface area contributed by atoms with E-state index in [2.05, 4.69) is 69.9 Å². The normalized spacial score (nSPS) is 11.0. The van der Waals surface area contributed by atoms with Crippen molar-refractivity contribution >= 4 is 67.8 Å². The first-order chi connectivity index (χ1) is 19.5. The Morgan fingerprint density at radius 1 is 0.775 bits per heavy atom. The molecule has 0 aliphatic carbocycles. The predicted octanol–water partition coefficient (Wildman–Crippen LogP) is 7.96. The first kappa shape index (κ1) is 29.6. The minimum Gasteiger partial charge on any atom is -0.494 e. The van der Waals surface area contributed by atoms with E-state index in [4.69, 9.17) is 34.9 Å². The lowest BCUT2D eigenvalue weighted by Gasteiger charge is -2.11. The molecule has 0 saturated carbocycles. The molecule has 0 unspecified atom stereocenters. The molecule has 1 heterocycles. The van der Waals surface area contributed by atoms with Crippen LogP contribution in [0.25, 0.3) is 21.8 Å². The number of thiocarbonyl (C=S) groups is 2. The van der Waals surface area contributed by atoms with E-state index in [0.717, 1.165) is 49.5 Å². The molecular formula is C32H41N5OS2. The van der Waals surface area contributed by atoms with E-state index in [1.807, 2.05) is 24.3 Å². The second-order valence-corrected chi connectivity index (χ2v) is 11.0. The fourth-order valence-corrected chi connectivity index (χ4v) is 5.33. The molecule has 0 saturated heterocycles. The summed E-state index contributed by atoms with van der Waals surface area (Å²) in [4.78, 5) is 0. The van der Waals surface area contributed by atoms with Crippen LogP contribution < -0.4 is 26.4 Å². The molecule has 8 heteroatoms. The molecule has 1 aromatic heterocycles. The number of para-hydroxylation sites is 1. The van der Waals surface area contributed by atoms with Crippen molar-refractivity contribution in [3.05, 3.63) is 66.7 Å². The van der Waals surface area contributed by atoms with E-state index in [0.29, 0.717) is 11.7 Å². The van der Waals surface area contributed by atoms with Crippen molar-refractivity contribution in [2.75, 3.05) is 23.8 Å². The van der Waals surface area contributed by atoms with Crippen LogP contribution in [0.3, 0.4) is 0 Å². The Morgan fingerprint density at radius 2 is 1.52 bits per heavy atom. The van der Waals surface area contributed by atoms with Crippen LogP contribution in [0.4, 0.5) is 11.4 Å². The van der Waals surface area contributed by atoms with Crippen LogP contribution in [-0.2, 0) is 6.54 Å². The SMILES string of the molecule is CCCCn1c2ccccc2c2cc(NC(=S)NCCCCCCCCOc3cccc(NC(N)=S)c3)ccc21. The summed E-state index contributed by atoms with van der Waals surface area (Å²) >= 11 is 10.5. The summed E-state index contributed by atoms with van der Waals surface area (Å²) in [6, 6.07) is 22.9. The van der Waals surface area contributed by atoms with Gasteiger partial charge in [0, 0.05) is 52.3 Å². The van der Waals surface area contributed by atoms with E-state index < -0.39 is 0 Å². The third-order valence-electron chi connectivity index (χ3n) is 6.99. The molecule has 40 heavy (non-hydrogen) atoms. The van der Waals surface area contributed by atoms with Gasteiger partial charge < -0.3 is 31.0 Å². The quantitative estimate of drug-likeness (QED) is 0.0846. The highest BCUT2D eigenvalue weighted by atomic mass is 32.1. The molecule has 0 radical (unpaired) electrons. The molecule has 0 fully saturated rings. The zero-order valence-electron chi connectivity index (χ0n) is 23.4. The topological polar surface area (TPSA) is 76.3 Å². The van der Waals surface area contributed by atoms with Crippen molar-refractivity contribution in [2.45, 2.75) is 64.8 Å². The van der Waals surface area contributed by atoms with Gasteiger partial charge in [0.2, 0.25) is 0 Å². The Morgan fingerprint density at radius 3 is 2.35 bits per heavy atom. The molecule has 0 aliphatic heterocycles. The molecule has 0 aliphatic rings. The molecule has 0 atom stereocenters. The third-order valence-corrected chi connectivity index (χ3v) is 7.34. The maximum atomic E-state index is 5.85. The predicted molar refractivity (Wildman–Crippen MR) is 179 cm³/mol. The van der Waals surface area contributed by atoms with Crippen LogP contribution in [-0.4, -0.2) is 27.9 Å². The molecule has 5 N–H and O–H groups in total. The van der Waals surface area contributed by atoms with Gasteiger partial charge in [0.15, 0.2) is 10.2 Å². The number of hydrogen-bond acceptors (Lipinski definition) is 3. The van der Waals surface area contributed by atoms with Gasteiger partial charge in [-0.1, -0.05) is 63.3 Å². The van der Waals surface area contributed by atoms with Gasteiger partial charge in [0.1, 0.15) is 5.75 Å². The number of fused-ring (bicyclic) bond motifs is 3. The van der Waals surface area contributed by atoms with Crippen molar-refractivity contribution in [2.24, 2.45) is 5.73 Å². The summed E-state index contributed by atoms with van der Waals surface area (Å²) < 4.78 is 8.30. The number of benzene rings is 3. The van der Waals surface area contributed by atoms with Gasteiger partial charge in [0.05, 0.1) is 6.61 Å². The van der Waals surface area contributed by atoms with Gasteiger partial charge in [-0.2, -0.15) is 0 Å². The largest absolute Gasteiger partial charge is 0.494 e. The number of rotatable bonds is 15. The summed E-state index contributed by atoms with van der Waals surface area (Å²) in [6.45, 7) is 4.87. The number of nitrogens with one attached hydrogen (secondary N) is 3. The van der Waals surface area contributed by atoms with Crippen LogP contribution >= 0.6 is 24.4 Å². The van der Waals surface area contributed by atoms with E-state index >= 15 is 0 Å². The van der Waals surface area contributed by atoms with Gasteiger partial charge in [-0.05, 0) is 80.1 Å². The number of nitrogens with zero attached hydrogens (tertiary/aromatic N) is 1. The Hall–Kier alpha value is -3.36. The number of nitrogens with two attached hydrogens (primary N) is 1. The molecule has 6 nitrogen and oxygen atoms in total. The number of ether oxygens (including phenoxy) is 1. The molecule has 0 spiro atoms. The minimum atomic E-state index is 0.255. The summed E-state index contributed by atoms with van der Waals surface area (Å²) in [7, 11) is 0. The molecule has 4 rings (SSSR count). The monoisotopic (exact) mass is 575 g/mol. The summed E-state index contributed by atoms with van der Waals surface area (Å²) in [5.74, 6) is 0.829. The van der Waals surface area contributed by atoms with Crippen molar-refractivity contribution in [3.8, 4) is 5.75 Å². The Balaban J connectivity index is 1.11. The maximum absolute atomic E-state index is 5.85. The molecular weight excluding hydrogens is 535 g/mol. The van der Waals surface area contributed by atoms with Gasteiger partial charge in [-0.3, -0.25) is 0 Å². The Bertz CT molecular complexity index is 1420. The molecule has 0 amide bonds. The van der Waals surface area contributed by atoms with Crippen LogP contribution in [0.15, 0.2) is 66.7 Å². The van der Waals surface area contributed by atoms with Crippen LogP contribution in [0, 0.1) is 0 Å². The Labute approximate surface area is 248 Å². The second kappa shape index (κ2) is 15.4. The highest BCUT2D eigenvalue weighted by Crippen LogP contribution is 2.31. The van der Waals surface area contributed by atoms with Crippen LogP contribution in [0.2, 0.25) is 0 Å². The lowest BCUT2D eigenvalue weighted by atomic mass is 10.1. The van der Waals surface area contributed by atoms with Crippen LogP contribution in [0.5, 0.6) is 5.75 Å². The van der Waals surface area contributed by atoms with E-state index in [-0.39, 0.29) is 5.11 Å². The highest BCUT2D eigenvalue weighted by Gasteiger charge is 2.11. The standard InChI is InChI=1S/C32H41N5OS2/c1-2-3-20-37-29-16-9-8-15-27(29)28-23-25(17-18-30(28)37)36-32(40)34-19-10-6-4-5-7-11-21-38-26-14-12-13-24(22-26)35-31(33)39/h8-9,12-18,22-23H,2-7,10-11,19-21H2,1H3,(H3,33,35,39)(H2,34,36,40). The lowest BCUT2D eigenvalue weighted by molar-refractivity contribution is 0.304. The zero-order chi connectivity index (χ0) is 28.2. The maximum Gasteiger partial charge on any atom is 0.170 e. The van der Waals surface area contributed by atoms with Crippen LogP contribution in [0.1, 0.15) is 58.3 Å². The second-order valence-electron chi connectivity index (χ2n) is 10.1. The molecule has 3 aromatic carbocycles. The summed E-state index contributed by atoms with van der Waals surface area (Å²) in [5, 5.41) is 13.2. The summed E-state index contributed by atoms with van der Waals surface area (Å²) in [6.07, 6.45) is 9.28. The first-order valence-electron chi connectivity index (χ1n) is 14.4. The Kier molecular flexibility index (Phi) is 11.4. The first-order valence-corrected chi connectivity index (χ1v) is 15.2. The average Bonchev–Trinajstić information content (AvgIpc) is 3.25. The molecule has 0 bridgehead atoms. The van der Waals surface area contributed by atoms with Gasteiger partial charge in [0.25, 0.3) is 0 Å². The number of hydrogen-bond donors (Lipinski definition) is 4. The van der Waals surface area contributed by atoms with Gasteiger partial charge in [-0.15, -0.1) is 0 Å². The minimum absolute atomic E-state index is 0.255. The highest BCUT2D eigenvalue weighted by molar-refractivity contribution is 7.80. The van der Waals surface area contributed by atoms with E-state index in [1.54, 1.807) is 0 Å². The lowest BCUT2D eigenvalue weighted by Crippen LogP contribution is -2.29. The molecule has 212 valence electrons. The van der Waals surface area contributed by atoms with Gasteiger partial charge in [-0.25, -0.2) is 0 Å². The van der Waals surface area contributed by atoms with Crippen molar-refractivity contribution in [1.82, 2.24) is 9.88 Å². The average molecular weight is 576 g/mol. The van der Waals surface area contributed by atoms with Crippen molar-refractivity contribution in [3.63, 3.8) is 0 Å². The van der Waals surface area contributed by atoms with Crippen molar-refractivity contribution < 1.29 is 4.74 Å². The van der Waals surface area contributed by atoms with Gasteiger partial charge >= 0.3 is 0 Å². The van der Waals surface area contributed by atoms with Crippen molar-refractivity contribution in [1.29, 1.82) is 0 Å². The number of anilines is 2. The smallest absolute Gasteiger partial charge is 0.170 e. The fraction of sp³-hybridized carbons (Fsp3) is 0.375. The number of aromatic nitrogens is 1. The van der Waals surface area contributed by atoms with E-state index in [9.17, 15) is 0 Å². The third kappa shape index (κ3) is 8.57. The fourth-order valence-electron chi connectivity index (χ4n) is 5.00. The number of unbranched alkanes of at least 4 members (excludes halogenated alkanes) is 6. The number of aryl methyl sites for hydroxylation is 1. The van der Waals surface area contributed by atoms with E-state index in [1.165, 1.54) is 53.9 Å².